The lowest BCUT2D eigenvalue weighted by Crippen LogP contribution is -2.26. The van der Waals surface area contributed by atoms with Gasteiger partial charge in [-0.25, -0.2) is 4.39 Å². The molecule has 2 aromatic rings. The minimum Gasteiger partial charge on any atom is -0.352 e. The lowest BCUT2D eigenvalue weighted by atomic mass is 10.1. The van der Waals surface area contributed by atoms with Gasteiger partial charge >= 0.3 is 0 Å². The molecule has 1 amide bonds. The lowest BCUT2D eigenvalue weighted by Gasteiger charge is -2.08. The highest BCUT2D eigenvalue weighted by Gasteiger charge is 2.08. The van der Waals surface area contributed by atoms with Crippen molar-refractivity contribution >= 4 is 21.8 Å². The third-order valence-corrected chi connectivity index (χ3v) is 3.79. The van der Waals surface area contributed by atoms with E-state index in [4.69, 9.17) is 0 Å². The van der Waals surface area contributed by atoms with Crippen LogP contribution in [0.1, 0.15) is 21.5 Å². The molecule has 2 aromatic carbocycles. The zero-order chi connectivity index (χ0) is 14.5. The lowest BCUT2D eigenvalue weighted by molar-refractivity contribution is 0.0953. The van der Waals surface area contributed by atoms with E-state index in [0.29, 0.717) is 18.5 Å². The Balaban J connectivity index is 1.93. The van der Waals surface area contributed by atoms with Crippen LogP contribution in [0.3, 0.4) is 0 Å². The maximum Gasteiger partial charge on any atom is 0.252 e. The molecule has 0 saturated heterocycles. The van der Waals surface area contributed by atoms with Gasteiger partial charge in [0.2, 0.25) is 0 Å². The highest BCUT2D eigenvalue weighted by Crippen LogP contribution is 2.15. The number of rotatable bonds is 4. The van der Waals surface area contributed by atoms with Gasteiger partial charge in [-0.1, -0.05) is 18.2 Å². The second kappa shape index (κ2) is 6.66. The summed E-state index contributed by atoms with van der Waals surface area (Å²) in [4.78, 5) is 12.0. The molecule has 0 heterocycles. The molecular formula is C16H15BrFNO. The fourth-order valence-electron chi connectivity index (χ4n) is 1.99. The van der Waals surface area contributed by atoms with Crippen molar-refractivity contribution in [1.82, 2.24) is 5.32 Å². The summed E-state index contributed by atoms with van der Waals surface area (Å²) in [5, 5.41) is 2.87. The molecule has 0 spiro atoms. The molecule has 0 atom stereocenters. The molecule has 104 valence electrons. The van der Waals surface area contributed by atoms with E-state index in [0.717, 1.165) is 15.6 Å². The van der Waals surface area contributed by atoms with Gasteiger partial charge < -0.3 is 5.32 Å². The van der Waals surface area contributed by atoms with E-state index in [1.165, 1.54) is 12.1 Å². The van der Waals surface area contributed by atoms with Crippen LogP contribution in [0, 0.1) is 12.7 Å². The normalized spacial score (nSPS) is 10.3. The van der Waals surface area contributed by atoms with E-state index < -0.39 is 0 Å². The summed E-state index contributed by atoms with van der Waals surface area (Å²) in [6.45, 7) is 2.39. The monoisotopic (exact) mass is 335 g/mol. The van der Waals surface area contributed by atoms with Crippen molar-refractivity contribution < 1.29 is 9.18 Å². The van der Waals surface area contributed by atoms with Crippen molar-refractivity contribution in [1.29, 1.82) is 0 Å². The van der Waals surface area contributed by atoms with Crippen LogP contribution in [0.5, 0.6) is 0 Å². The van der Waals surface area contributed by atoms with Crippen LogP contribution < -0.4 is 5.32 Å². The van der Waals surface area contributed by atoms with Gasteiger partial charge in [0.15, 0.2) is 0 Å². The quantitative estimate of drug-likeness (QED) is 0.902. The Morgan fingerprint density at radius 1 is 1.25 bits per heavy atom. The van der Waals surface area contributed by atoms with Crippen LogP contribution in [-0.4, -0.2) is 12.5 Å². The van der Waals surface area contributed by atoms with Crippen LogP contribution >= 0.6 is 15.9 Å². The molecule has 0 aromatic heterocycles. The molecular weight excluding hydrogens is 321 g/mol. The Bertz CT molecular complexity index is 628. The van der Waals surface area contributed by atoms with Crippen molar-refractivity contribution in [3.63, 3.8) is 0 Å². The summed E-state index contributed by atoms with van der Waals surface area (Å²) in [5.41, 5.74) is 2.56. The Morgan fingerprint density at radius 2 is 2.00 bits per heavy atom. The first-order valence-electron chi connectivity index (χ1n) is 6.35. The number of carbonyl (C=O) groups excluding carboxylic acids is 1. The maximum atomic E-state index is 13.0. The van der Waals surface area contributed by atoms with Gasteiger partial charge in [-0.3, -0.25) is 4.79 Å². The van der Waals surface area contributed by atoms with Crippen molar-refractivity contribution in [2.24, 2.45) is 0 Å². The summed E-state index contributed by atoms with van der Waals surface area (Å²) in [6, 6.07) is 12.0. The van der Waals surface area contributed by atoms with E-state index in [9.17, 15) is 9.18 Å². The molecule has 0 aliphatic carbocycles. The Labute approximate surface area is 126 Å². The largest absolute Gasteiger partial charge is 0.352 e. The van der Waals surface area contributed by atoms with Crippen molar-refractivity contribution in [3.8, 4) is 0 Å². The van der Waals surface area contributed by atoms with E-state index in [-0.39, 0.29) is 11.7 Å². The van der Waals surface area contributed by atoms with Crippen LogP contribution in [0.25, 0.3) is 0 Å². The number of benzene rings is 2. The summed E-state index contributed by atoms with van der Waals surface area (Å²) >= 11 is 3.35. The predicted octanol–water partition coefficient (Wildman–Crippen LogP) is 3.87. The number of amides is 1. The number of halogens is 2. The first kappa shape index (κ1) is 14.7. The van der Waals surface area contributed by atoms with Crippen molar-refractivity contribution in [3.05, 3.63) is 69.4 Å². The molecule has 0 radical (unpaired) electrons. The molecule has 0 fully saturated rings. The van der Waals surface area contributed by atoms with Gasteiger partial charge in [0, 0.05) is 11.0 Å². The number of nitrogens with one attached hydrogen (secondary N) is 1. The Morgan fingerprint density at radius 3 is 2.70 bits per heavy atom. The molecule has 0 saturated carbocycles. The third kappa shape index (κ3) is 3.67. The van der Waals surface area contributed by atoms with Crippen molar-refractivity contribution in [2.75, 3.05) is 6.54 Å². The average molecular weight is 336 g/mol. The minimum atomic E-state index is -0.233. The fraction of sp³-hybridized carbons (Fsp3) is 0.188. The van der Waals surface area contributed by atoms with Crippen LogP contribution in [0.4, 0.5) is 4.39 Å². The standard InChI is InChI=1S/C16H15BrFNO/c1-11-10-13(18)7-6-12(11)8-9-19-16(20)14-4-2-3-5-15(14)17/h2-7,10H,8-9H2,1H3,(H,19,20). The first-order valence-corrected chi connectivity index (χ1v) is 7.15. The van der Waals surface area contributed by atoms with Gasteiger partial charge in [-0.15, -0.1) is 0 Å². The number of carbonyl (C=O) groups is 1. The molecule has 0 aliphatic rings. The van der Waals surface area contributed by atoms with Crippen LogP contribution in [-0.2, 0) is 6.42 Å². The molecule has 2 rings (SSSR count). The van der Waals surface area contributed by atoms with Gasteiger partial charge in [0.1, 0.15) is 5.82 Å². The zero-order valence-electron chi connectivity index (χ0n) is 11.1. The topological polar surface area (TPSA) is 29.1 Å². The molecule has 0 bridgehead atoms. The zero-order valence-corrected chi connectivity index (χ0v) is 12.7. The summed E-state index contributed by atoms with van der Waals surface area (Å²) in [6.07, 6.45) is 0.683. The fourth-order valence-corrected chi connectivity index (χ4v) is 2.46. The summed E-state index contributed by atoms with van der Waals surface area (Å²) < 4.78 is 13.8. The smallest absolute Gasteiger partial charge is 0.252 e. The summed E-state index contributed by atoms with van der Waals surface area (Å²) in [7, 11) is 0. The van der Waals surface area contributed by atoms with Crippen molar-refractivity contribution in [2.45, 2.75) is 13.3 Å². The summed E-state index contributed by atoms with van der Waals surface area (Å²) in [5.74, 6) is -0.347. The SMILES string of the molecule is Cc1cc(F)ccc1CCNC(=O)c1ccccc1Br. The van der Waals surface area contributed by atoms with Crippen LogP contribution in [0.15, 0.2) is 46.9 Å². The maximum absolute atomic E-state index is 13.0. The molecule has 0 aliphatic heterocycles. The van der Waals surface area contributed by atoms with Gasteiger partial charge in [-0.2, -0.15) is 0 Å². The minimum absolute atomic E-state index is 0.114. The molecule has 1 N–H and O–H groups in total. The second-order valence-electron chi connectivity index (χ2n) is 4.56. The van der Waals surface area contributed by atoms with Gasteiger partial charge in [0.25, 0.3) is 5.91 Å². The third-order valence-electron chi connectivity index (χ3n) is 3.10. The first-order chi connectivity index (χ1) is 9.58. The molecule has 0 unspecified atom stereocenters. The highest BCUT2D eigenvalue weighted by molar-refractivity contribution is 9.10. The van der Waals surface area contributed by atoms with E-state index in [2.05, 4.69) is 21.2 Å². The predicted molar refractivity (Wildman–Crippen MR) is 81.3 cm³/mol. The van der Waals surface area contributed by atoms with Gasteiger partial charge in [-0.05, 0) is 64.7 Å². The number of aryl methyl sites for hydroxylation is 1. The molecule has 20 heavy (non-hydrogen) atoms. The number of hydrogen-bond donors (Lipinski definition) is 1. The Hall–Kier alpha value is -1.68. The van der Waals surface area contributed by atoms with E-state index in [1.807, 2.05) is 25.1 Å². The molecule has 2 nitrogen and oxygen atoms in total. The highest BCUT2D eigenvalue weighted by atomic mass is 79.9. The van der Waals surface area contributed by atoms with Gasteiger partial charge in [0.05, 0.1) is 5.56 Å². The second-order valence-corrected chi connectivity index (χ2v) is 5.41. The van der Waals surface area contributed by atoms with E-state index >= 15 is 0 Å². The Kier molecular flexibility index (Phi) is 4.90. The van der Waals surface area contributed by atoms with Crippen LogP contribution in [0.2, 0.25) is 0 Å². The van der Waals surface area contributed by atoms with E-state index in [1.54, 1.807) is 12.1 Å². The average Bonchev–Trinajstić information content (AvgIpc) is 2.41. The number of hydrogen-bond acceptors (Lipinski definition) is 1. The molecule has 4 heteroatoms.